The first kappa shape index (κ1) is 11.6. The zero-order valence-corrected chi connectivity index (χ0v) is 10.3. The van der Waals surface area contributed by atoms with Crippen molar-refractivity contribution in [1.29, 1.82) is 0 Å². The molecule has 3 atom stereocenters. The van der Waals surface area contributed by atoms with Crippen LogP contribution in [-0.4, -0.2) is 34.2 Å². The molecule has 2 nitrogen and oxygen atoms in total. The lowest BCUT2D eigenvalue weighted by molar-refractivity contribution is -0.126. The number of hydrogen-bond acceptors (Lipinski definition) is 2. The summed E-state index contributed by atoms with van der Waals surface area (Å²) in [6.45, 7) is 6.49. The van der Waals surface area contributed by atoms with E-state index < -0.39 is 0 Å². The average Bonchev–Trinajstić information content (AvgIpc) is 2.28. The molecule has 0 bridgehead atoms. The van der Waals surface area contributed by atoms with E-state index in [0.717, 1.165) is 6.42 Å². The number of benzene rings is 1. The molecule has 1 aromatic rings. The summed E-state index contributed by atoms with van der Waals surface area (Å²) in [6, 6.07) is 11.5. The monoisotopic (exact) mass is 219 g/mol. The summed E-state index contributed by atoms with van der Waals surface area (Å²) in [5.74, 6) is 0. The van der Waals surface area contributed by atoms with E-state index in [4.69, 9.17) is 0 Å². The fourth-order valence-electron chi connectivity index (χ4n) is 2.81. The van der Waals surface area contributed by atoms with E-state index >= 15 is 0 Å². The van der Waals surface area contributed by atoms with Crippen LogP contribution in [-0.2, 0) is 6.42 Å². The van der Waals surface area contributed by atoms with Crippen molar-refractivity contribution in [3.63, 3.8) is 0 Å². The van der Waals surface area contributed by atoms with Crippen molar-refractivity contribution in [2.24, 2.45) is 0 Å². The fraction of sp³-hybridized carbons (Fsp3) is 0.571. The summed E-state index contributed by atoms with van der Waals surface area (Å²) in [5.41, 5.74) is 1.31. The quantitative estimate of drug-likeness (QED) is 0.841. The largest absolute Gasteiger partial charge is 0.390 e. The number of aliphatic hydroxyl groups is 1. The third-order valence-electron chi connectivity index (χ3n) is 3.63. The second kappa shape index (κ2) is 4.56. The van der Waals surface area contributed by atoms with Crippen LogP contribution in [0.5, 0.6) is 0 Å². The Kier molecular flexibility index (Phi) is 3.31. The number of likely N-dealkylation sites (tertiary alicyclic amines) is 1. The van der Waals surface area contributed by atoms with E-state index in [1.165, 1.54) is 5.56 Å². The van der Waals surface area contributed by atoms with E-state index in [9.17, 15) is 5.11 Å². The second-order valence-electron chi connectivity index (χ2n) is 5.03. The molecule has 88 valence electrons. The molecule has 1 saturated heterocycles. The van der Waals surface area contributed by atoms with Gasteiger partial charge in [-0.25, -0.2) is 0 Å². The first-order valence-corrected chi connectivity index (χ1v) is 6.10. The van der Waals surface area contributed by atoms with Gasteiger partial charge in [0, 0.05) is 18.1 Å². The minimum Gasteiger partial charge on any atom is -0.390 e. The van der Waals surface area contributed by atoms with Crippen molar-refractivity contribution in [3.8, 4) is 0 Å². The molecule has 0 aliphatic carbocycles. The molecule has 0 unspecified atom stereocenters. The molecular formula is C14H21NO. The zero-order valence-electron chi connectivity index (χ0n) is 10.3. The van der Waals surface area contributed by atoms with Gasteiger partial charge in [-0.1, -0.05) is 30.3 Å². The molecule has 1 heterocycles. The Hall–Kier alpha value is -0.860. The van der Waals surface area contributed by atoms with Crippen LogP contribution in [0.2, 0.25) is 0 Å². The van der Waals surface area contributed by atoms with E-state index in [0.29, 0.717) is 12.1 Å². The van der Waals surface area contributed by atoms with Gasteiger partial charge in [0.15, 0.2) is 0 Å². The SMILES string of the molecule is CC(C)N1[C@H](C)[C@H](O)[C@@H]1Cc1ccccc1. The molecule has 0 aromatic heterocycles. The van der Waals surface area contributed by atoms with Crippen molar-refractivity contribution in [1.82, 2.24) is 4.90 Å². The summed E-state index contributed by atoms with van der Waals surface area (Å²) in [5, 5.41) is 10.0. The molecule has 1 N–H and O–H groups in total. The van der Waals surface area contributed by atoms with Crippen LogP contribution in [0.1, 0.15) is 26.3 Å². The highest BCUT2D eigenvalue weighted by Crippen LogP contribution is 2.30. The lowest BCUT2D eigenvalue weighted by Gasteiger charge is -2.54. The van der Waals surface area contributed by atoms with Crippen molar-refractivity contribution in [3.05, 3.63) is 35.9 Å². The Bertz CT molecular complexity index is 336. The molecule has 1 fully saturated rings. The maximum atomic E-state index is 10.0. The highest BCUT2D eigenvalue weighted by molar-refractivity contribution is 5.18. The second-order valence-corrected chi connectivity index (χ2v) is 5.03. The van der Waals surface area contributed by atoms with E-state index in [1.54, 1.807) is 0 Å². The van der Waals surface area contributed by atoms with E-state index in [1.807, 2.05) is 6.07 Å². The minimum atomic E-state index is -0.178. The number of rotatable bonds is 3. The van der Waals surface area contributed by atoms with Crippen LogP contribution >= 0.6 is 0 Å². The van der Waals surface area contributed by atoms with Crippen LogP contribution in [0.25, 0.3) is 0 Å². The third kappa shape index (κ3) is 2.00. The van der Waals surface area contributed by atoms with E-state index in [-0.39, 0.29) is 12.1 Å². The topological polar surface area (TPSA) is 23.5 Å². The van der Waals surface area contributed by atoms with Gasteiger partial charge >= 0.3 is 0 Å². The molecule has 0 amide bonds. The Morgan fingerprint density at radius 2 is 1.88 bits per heavy atom. The lowest BCUT2D eigenvalue weighted by atomic mass is 9.84. The molecule has 0 radical (unpaired) electrons. The first-order valence-electron chi connectivity index (χ1n) is 6.10. The van der Waals surface area contributed by atoms with Crippen LogP contribution in [0, 0.1) is 0 Å². The molecule has 1 aliphatic heterocycles. The van der Waals surface area contributed by atoms with Crippen molar-refractivity contribution < 1.29 is 5.11 Å². The predicted octanol–water partition coefficient (Wildman–Crippen LogP) is 2.07. The van der Waals surface area contributed by atoms with Crippen molar-refractivity contribution in [2.45, 2.75) is 51.4 Å². The van der Waals surface area contributed by atoms with Crippen molar-refractivity contribution in [2.75, 3.05) is 0 Å². The molecule has 1 aromatic carbocycles. The predicted molar refractivity (Wildman–Crippen MR) is 66.4 cm³/mol. The normalized spacial score (nSPS) is 30.4. The van der Waals surface area contributed by atoms with Crippen LogP contribution in [0.15, 0.2) is 30.3 Å². The number of hydrogen-bond donors (Lipinski definition) is 1. The van der Waals surface area contributed by atoms with Gasteiger partial charge in [-0.15, -0.1) is 0 Å². The molecule has 1 aliphatic rings. The summed E-state index contributed by atoms with van der Waals surface area (Å²) < 4.78 is 0. The maximum absolute atomic E-state index is 10.0. The van der Waals surface area contributed by atoms with Crippen LogP contribution in [0.4, 0.5) is 0 Å². The van der Waals surface area contributed by atoms with Crippen LogP contribution < -0.4 is 0 Å². The van der Waals surface area contributed by atoms with Gasteiger partial charge in [0.25, 0.3) is 0 Å². The van der Waals surface area contributed by atoms with Crippen molar-refractivity contribution >= 4 is 0 Å². The smallest absolute Gasteiger partial charge is 0.0851 e. The lowest BCUT2D eigenvalue weighted by Crippen LogP contribution is -2.69. The molecule has 2 rings (SSSR count). The highest BCUT2D eigenvalue weighted by atomic mass is 16.3. The standard InChI is InChI=1S/C14H21NO/c1-10(2)15-11(3)14(16)13(15)9-12-7-5-4-6-8-12/h4-8,10-11,13-14,16H,9H2,1-3H3/t11-,13+,14+/m1/s1. The summed E-state index contributed by atoms with van der Waals surface area (Å²) >= 11 is 0. The van der Waals surface area contributed by atoms with Gasteiger partial charge in [-0.3, -0.25) is 4.90 Å². The molecule has 0 saturated carbocycles. The van der Waals surface area contributed by atoms with E-state index in [2.05, 4.69) is 49.9 Å². The Balaban J connectivity index is 2.05. The summed E-state index contributed by atoms with van der Waals surface area (Å²) in [6.07, 6.45) is 0.771. The maximum Gasteiger partial charge on any atom is 0.0851 e. The van der Waals surface area contributed by atoms with Gasteiger partial charge < -0.3 is 5.11 Å². The molecule has 16 heavy (non-hydrogen) atoms. The van der Waals surface area contributed by atoms with Crippen LogP contribution in [0.3, 0.4) is 0 Å². The van der Waals surface area contributed by atoms with Gasteiger partial charge in [-0.2, -0.15) is 0 Å². The number of aliphatic hydroxyl groups excluding tert-OH is 1. The molecular weight excluding hydrogens is 198 g/mol. The third-order valence-corrected chi connectivity index (χ3v) is 3.63. The molecule has 2 heteroatoms. The van der Waals surface area contributed by atoms with Gasteiger partial charge in [0.2, 0.25) is 0 Å². The Morgan fingerprint density at radius 1 is 1.25 bits per heavy atom. The Labute approximate surface area is 97.9 Å². The fourth-order valence-corrected chi connectivity index (χ4v) is 2.81. The van der Waals surface area contributed by atoms with Gasteiger partial charge in [0.1, 0.15) is 0 Å². The average molecular weight is 219 g/mol. The first-order chi connectivity index (χ1) is 7.61. The zero-order chi connectivity index (χ0) is 11.7. The number of nitrogens with zero attached hydrogens (tertiary/aromatic N) is 1. The highest BCUT2D eigenvalue weighted by Gasteiger charge is 2.45. The summed E-state index contributed by atoms with van der Waals surface area (Å²) in [7, 11) is 0. The van der Waals surface area contributed by atoms with Gasteiger partial charge in [-0.05, 0) is 32.8 Å². The van der Waals surface area contributed by atoms with Gasteiger partial charge in [0.05, 0.1) is 6.10 Å². The summed E-state index contributed by atoms with van der Waals surface area (Å²) in [4.78, 5) is 2.40. The molecule has 0 spiro atoms. The Morgan fingerprint density at radius 3 is 2.44 bits per heavy atom. The minimum absolute atomic E-state index is 0.178.